The molecular weight excluding hydrogens is 468 g/mol. The van der Waals surface area contributed by atoms with Crippen LogP contribution in [0.25, 0.3) is 22.5 Å². The lowest BCUT2D eigenvalue weighted by atomic mass is 10.1. The lowest BCUT2D eigenvalue weighted by Crippen LogP contribution is -2.01. The molecule has 3 aromatic carbocycles. The second-order valence-electron chi connectivity index (χ2n) is 6.81. The van der Waals surface area contributed by atoms with Crippen molar-refractivity contribution in [3.63, 3.8) is 0 Å². The van der Waals surface area contributed by atoms with E-state index in [1.165, 1.54) is 0 Å². The molecule has 0 radical (unpaired) electrons. The normalized spacial score (nSPS) is 10.8. The Hall–Kier alpha value is -3.71. The number of hydrogen-bond acceptors (Lipinski definition) is 6. The number of anilines is 1. The zero-order chi connectivity index (χ0) is 22.3. The number of methoxy groups -OCH3 is 2. The van der Waals surface area contributed by atoms with Crippen LogP contribution in [0.5, 0.6) is 11.5 Å². The van der Waals surface area contributed by atoms with E-state index in [1.807, 2.05) is 72.8 Å². The largest absolute Gasteiger partial charge is 0.497 e. The second kappa shape index (κ2) is 10.1. The van der Waals surface area contributed by atoms with Crippen LogP contribution in [-0.4, -0.2) is 30.4 Å². The van der Waals surface area contributed by atoms with Crippen molar-refractivity contribution in [2.75, 3.05) is 19.6 Å². The fourth-order valence-electron chi connectivity index (χ4n) is 3.11. The SMILES string of the molecule is COc1ccc(/C=N\Nc2nc(-c3ccccc3)cc(-c3ccc(Br)cc3)n2)c(OC)c1. The molecule has 0 saturated carbocycles. The number of nitrogens with zero attached hydrogens (tertiary/aromatic N) is 3. The minimum atomic E-state index is 0.396. The fraction of sp³-hybridized carbons (Fsp3) is 0.0800. The molecule has 0 unspecified atom stereocenters. The lowest BCUT2D eigenvalue weighted by molar-refractivity contribution is 0.394. The van der Waals surface area contributed by atoms with Crippen LogP contribution in [0, 0.1) is 0 Å². The van der Waals surface area contributed by atoms with E-state index in [9.17, 15) is 0 Å². The molecular formula is C25H21BrN4O2. The first-order valence-electron chi connectivity index (χ1n) is 9.88. The van der Waals surface area contributed by atoms with Crippen LogP contribution in [0.1, 0.15) is 5.56 Å². The van der Waals surface area contributed by atoms with E-state index in [0.717, 1.165) is 32.6 Å². The van der Waals surface area contributed by atoms with Gasteiger partial charge in [0.2, 0.25) is 5.95 Å². The van der Waals surface area contributed by atoms with E-state index in [-0.39, 0.29) is 0 Å². The molecule has 0 atom stereocenters. The second-order valence-corrected chi connectivity index (χ2v) is 7.73. The van der Waals surface area contributed by atoms with Gasteiger partial charge in [-0.1, -0.05) is 58.4 Å². The van der Waals surface area contributed by atoms with E-state index in [1.54, 1.807) is 26.5 Å². The highest BCUT2D eigenvalue weighted by molar-refractivity contribution is 9.10. The summed E-state index contributed by atoms with van der Waals surface area (Å²) < 4.78 is 11.7. The molecule has 0 aliphatic carbocycles. The van der Waals surface area contributed by atoms with Crippen molar-refractivity contribution < 1.29 is 9.47 Å². The molecule has 0 fully saturated rings. The topological polar surface area (TPSA) is 68.6 Å². The Kier molecular flexibility index (Phi) is 6.77. The Balaban J connectivity index is 1.66. The van der Waals surface area contributed by atoms with Crippen LogP contribution in [0.2, 0.25) is 0 Å². The number of benzene rings is 3. The van der Waals surface area contributed by atoms with Crippen LogP contribution in [0.4, 0.5) is 5.95 Å². The summed E-state index contributed by atoms with van der Waals surface area (Å²) in [6, 6.07) is 25.5. The summed E-state index contributed by atoms with van der Waals surface area (Å²) in [5, 5.41) is 4.33. The molecule has 7 heteroatoms. The number of nitrogens with one attached hydrogen (secondary N) is 1. The summed E-state index contributed by atoms with van der Waals surface area (Å²) in [6.45, 7) is 0. The molecule has 1 heterocycles. The predicted octanol–water partition coefficient (Wildman–Crippen LogP) is 6.04. The van der Waals surface area contributed by atoms with Crippen molar-refractivity contribution >= 4 is 28.1 Å². The van der Waals surface area contributed by atoms with Crippen molar-refractivity contribution in [1.29, 1.82) is 0 Å². The van der Waals surface area contributed by atoms with Crippen molar-refractivity contribution in [1.82, 2.24) is 9.97 Å². The standard InChI is InChI=1S/C25H21BrN4O2/c1-31-21-13-10-19(24(14-21)32-2)16-27-30-25-28-22(17-6-4-3-5-7-17)15-23(29-25)18-8-11-20(26)12-9-18/h3-16H,1-2H3,(H,28,29,30)/b27-16-. The van der Waals surface area contributed by atoms with Crippen LogP contribution < -0.4 is 14.9 Å². The number of rotatable bonds is 7. The summed E-state index contributed by atoms with van der Waals surface area (Å²) in [4.78, 5) is 9.31. The third-order valence-corrected chi connectivity index (χ3v) is 5.27. The van der Waals surface area contributed by atoms with Crippen LogP contribution >= 0.6 is 15.9 Å². The van der Waals surface area contributed by atoms with Crippen molar-refractivity contribution in [3.05, 3.63) is 88.9 Å². The van der Waals surface area contributed by atoms with E-state index >= 15 is 0 Å². The highest BCUT2D eigenvalue weighted by atomic mass is 79.9. The first-order chi connectivity index (χ1) is 15.7. The third kappa shape index (κ3) is 5.12. The molecule has 1 aromatic heterocycles. The van der Waals surface area contributed by atoms with Gasteiger partial charge in [-0.25, -0.2) is 15.4 Å². The predicted molar refractivity (Wildman–Crippen MR) is 131 cm³/mol. The summed E-state index contributed by atoms with van der Waals surface area (Å²) in [5.74, 6) is 1.77. The molecule has 0 saturated heterocycles. The van der Waals surface area contributed by atoms with Gasteiger partial charge in [0.1, 0.15) is 11.5 Å². The molecule has 6 nitrogen and oxygen atoms in total. The summed E-state index contributed by atoms with van der Waals surface area (Å²) in [5.41, 5.74) is 7.34. The fourth-order valence-corrected chi connectivity index (χ4v) is 3.37. The zero-order valence-corrected chi connectivity index (χ0v) is 19.2. The van der Waals surface area contributed by atoms with E-state index in [0.29, 0.717) is 17.4 Å². The molecule has 0 amide bonds. The average Bonchev–Trinajstić information content (AvgIpc) is 2.85. The Morgan fingerprint density at radius 2 is 1.50 bits per heavy atom. The van der Waals surface area contributed by atoms with Gasteiger partial charge in [0, 0.05) is 27.2 Å². The first-order valence-corrected chi connectivity index (χ1v) is 10.7. The molecule has 0 aliphatic rings. The van der Waals surface area contributed by atoms with Crippen LogP contribution in [0.15, 0.2) is 88.4 Å². The minimum Gasteiger partial charge on any atom is -0.497 e. The first kappa shape index (κ1) is 21.5. The smallest absolute Gasteiger partial charge is 0.244 e. The maximum atomic E-state index is 5.42. The molecule has 0 spiro atoms. The Bertz CT molecular complexity index is 1230. The summed E-state index contributed by atoms with van der Waals surface area (Å²) in [7, 11) is 3.22. The van der Waals surface area contributed by atoms with E-state index in [2.05, 4.69) is 36.4 Å². The molecule has 1 N–H and O–H groups in total. The van der Waals surface area contributed by atoms with Gasteiger partial charge in [-0.05, 0) is 30.3 Å². The van der Waals surface area contributed by atoms with E-state index < -0.39 is 0 Å². The summed E-state index contributed by atoms with van der Waals surface area (Å²) >= 11 is 3.48. The molecule has 0 bridgehead atoms. The van der Waals surface area contributed by atoms with Gasteiger partial charge in [0.05, 0.1) is 31.8 Å². The highest BCUT2D eigenvalue weighted by Gasteiger charge is 2.09. The number of hydrogen-bond donors (Lipinski definition) is 1. The summed E-state index contributed by atoms with van der Waals surface area (Å²) in [6.07, 6.45) is 1.66. The number of aromatic nitrogens is 2. The maximum absolute atomic E-state index is 5.42. The molecule has 4 rings (SSSR count). The molecule has 4 aromatic rings. The molecule has 160 valence electrons. The number of halogens is 1. The quantitative estimate of drug-likeness (QED) is 0.253. The average molecular weight is 489 g/mol. The van der Waals surface area contributed by atoms with Crippen molar-refractivity contribution in [2.24, 2.45) is 5.10 Å². The van der Waals surface area contributed by atoms with E-state index in [4.69, 9.17) is 9.47 Å². The Labute approximate surface area is 195 Å². The van der Waals surface area contributed by atoms with Gasteiger partial charge in [0.25, 0.3) is 0 Å². The third-order valence-electron chi connectivity index (χ3n) is 4.74. The van der Waals surface area contributed by atoms with Gasteiger partial charge in [-0.2, -0.15) is 5.10 Å². The number of ether oxygens (including phenoxy) is 2. The maximum Gasteiger partial charge on any atom is 0.244 e. The van der Waals surface area contributed by atoms with Crippen molar-refractivity contribution in [2.45, 2.75) is 0 Å². The molecule has 32 heavy (non-hydrogen) atoms. The monoisotopic (exact) mass is 488 g/mol. The van der Waals surface area contributed by atoms with Gasteiger partial charge < -0.3 is 9.47 Å². The zero-order valence-electron chi connectivity index (χ0n) is 17.6. The lowest BCUT2D eigenvalue weighted by Gasteiger charge is -2.09. The van der Waals surface area contributed by atoms with Crippen molar-refractivity contribution in [3.8, 4) is 34.0 Å². The van der Waals surface area contributed by atoms with Gasteiger partial charge >= 0.3 is 0 Å². The Morgan fingerprint density at radius 3 is 2.16 bits per heavy atom. The van der Waals surface area contributed by atoms with Gasteiger partial charge in [-0.15, -0.1) is 0 Å². The van der Waals surface area contributed by atoms with Crippen LogP contribution in [-0.2, 0) is 0 Å². The Morgan fingerprint density at radius 1 is 0.812 bits per heavy atom. The van der Waals surface area contributed by atoms with Gasteiger partial charge in [0.15, 0.2) is 0 Å². The minimum absolute atomic E-state index is 0.396. The number of hydrazone groups is 1. The molecule has 0 aliphatic heterocycles. The highest BCUT2D eigenvalue weighted by Crippen LogP contribution is 2.27. The van der Waals surface area contributed by atoms with Gasteiger partial charge in [-0.3, -0.25) is 0 Å². The van der Waals surface area contributed by atoms with Crippen LogP contribution in [0.3, 0.4) is 0 Å².